The molecule has 0 aliphatic rings. The zero-order chi connectivity index (χ0) is 29.3. The Kier molecular flexibility index (Phi) is 8.52. The summed E-state index contributed by atoms with van der Waals surface area (Å²) in [7, 11) is 0. The van der Waals surface area contributed by atoms with Gasteiger partial charge in [0.2, 0.25) is 0 Å². The molecule has 0 saturated carbocycles. The van der Waals surface area contributed by atoms with Gasteiger partial charge in [0.25, 0.3) is 17.7 Å². The lowest BCUT2D eigenvalue weighted by Gasteiger charge is -2.31. The van der Waals surface area contributed by atoms with Crippen LogP contribution in [-0.2, 0) is 0 Å². The number of anilines is 5. The van der Waals surface area contributed by atoms with Crippen LogP contribution in [0.2, 0.25) is 0 Å². The van der Waals surface area contributed by atoms with Crippen LogP contribution in [0, 0.1) is 5.21 Å². The summed E-state index contributed by atoms with van der Waals surface area (Å²) in [5.41, 5.74) is 6.54. The molecule has 0 bridgehead atoms. The first kappa shape index (κ1) is 27.6. The lowest BCUT2D eigenvalue weighted by molar-refractivity contribution is 0.101. The van der Waals surface area contributed by atoms with Crippen LogP contribution in [-0.4, -0.2) is 17.7 Å². The average molecular weight is 557 g/mol. The number of amides is 3. The maximum atomic E-state index is 12.9. The fourth-order valence-corrected chi connectivity index (χ4v) is 4.01. The third-order valence-electron chi connectivity index (χ3n) is 6.19. The summed E-state index contributed by atoms with van der Waals surface area (Å²) < 4.78 is 0. The van der Waals surface area contributed by atoms with Crippen molar-refractivity contribution in [3.8, 4) is 0 Å². The molecule has 0 aliphatic heterocycles. The van der Waals surface area contributed by atoms with Gasteiger partial charge in [0.1, 0.15) is 0 Å². The van der Waals surface area contributed by atoms with Crippen LogP contribution in [0.5, 0.6) is 0 Å². The number of nitrogens with zero attached hydrogens (tertiary/aromatic N) is 1. The first-order valence-corrected chi connectivity index (χ1v) is 13.0. The Morgan fingerprint density at radius 3 is 1.31 bits per heavy atom. The van der Waals surface area contributed by atoms with Crippen molar-refractivity contribution in [1.29, 1.82) is 0 Å². The van der Waals surface area contributed by atoms with Gasteiger partial charge in [0.15, 0.2) is 0 Å². The highest BCUT2D eigenvalue weighted by atomic mass is 16.5. The Morgan fingerprint density at radius 1 is 0.452 bits per heavy atom. The number of hydrogen-bond acceptors (Lipinski definition) is 6. The predicted molar refractivity (Wildman–Crippen MR) is 166 cm³/mol. The van der Waals surface area contributed by atoms with Crippen LogP contribution in [0.3, 0.4) is 0 Å². The fraction of sp³-hybridized carbons (Fsp3) is 0. The highest BCUT2D eigenvalue weighted by Gasteiger charge is 2.12. The minimum atomic E-state index is -0.390. The second-order valence-electron chi connectivity index (χ2n) is 9.21. The Morgan fingerprint density at radius 2 is 0.833 bits per heavy atom. The summed E-state index contributed by atoms with van der Waals surface area (Å²) in [6.45, 7) is 0. The zero-order valence-corrected chi connectivity index (χ0v) is 22.3. The van der Waals surface area contributed by atoms with Crippen molar-refractivity contribution in [2.24, 2.45) is 0 Å². The van der Waals surface area contributed by atoms with Crippen molar-refractivity contribution in [3.63, 3.8) is 0 Å². The molecule has 42 heavy (non-hydrogen) atoms. The van der Waals surface area contributed by atoms with E-state index < -0.39 is 5.91 Å². The van der Waals surface area contributed by atoms with Crippen molar-refractivity contribution in [2.75, 3.05) is 26.5 Å². The molecule has 5 aromatic carbocycles. The average Bonchev–Trinajstić information content (AvgIpc) is 3.03. The summed E-state index contributed by atoms with van der Waals surface area (Å²) >= 11 is 0. The molecule has 0 aliphatic carbocycles. The van der Waals surface area contributed by atoms with Gasteiger partial charge in [-0.1, -0.05) is 42.5 Å². The molecular weight excluding hydrogens is 530 g/mol. The molecule has 3 amide bonds. The lowest BCUT2D eigenvalue weighted by atomic mass is 10.1. The number of rotatable bonds is 9. The quantitative estimate of drug-likeness (QED) is 0.148. The molecule has 0 atom stereocenters. The maximum Gasteiger partial charge on any atom is 0.255 e. The number of hydrogen-bond donors (Lipinski definition) is 4. The maximum absolute atomic E-state index is 12.9. The molecule has 9 nitrogen and oxygen atoms in total. The fourth-order valence-electron chi connectivity index (χ4n) is 4.01. The number of para-hydroxylation sites is 1. The van der Waals surface area contributed by atoms with E-state index in [2.05, 4.69) is 21.4 Å². The third-order valence-corrected chi connectivity index (χ3v) is 6.19. The van der Waals surface area contributed by atoms with E-state index in [0.717, 1.165) is 0 Å². The van der Waals surface area contributed by atoms with Gasteiger partial charge < -0.3 is 31.8 Å². The van der Waals surface area contributed by atoms with Crippen molar-refractivity contribution in [1.82, 2.24) is 0 Å². The van der Waals surface area contributed by atoms with Gasteiger partial charge in [-0.05, 0) is 91.0 Å². The summed E-state index contributed by atoms with van der Waals surface area (Å²) in [5, 5.41) is 21.3. The van der Waals surface area contributed by atoms with Gasteiger partial charge in [0.05, 0.1) is 5.69 Å². The van der Waals surface area contributed by atoms with E-state index in [1.807, 2.05) is 12.1 Å². The van der Waals surface area contributed by atoms with Crippen LogP contribution in [0.1, 0.15) is 31.1 Å². The van der Waals surface area contributed by atoms with E-state index in [0.29, 0.717) is 50.3 Å². The Hall–Kier alpha value is -5.93. The van der Waals surface area contributed by atoms with Crippen LogP contribution in [0.15, 0.2) is 133 Å². The number of carbonyl (C=O) groups excluding carboxylic acids is 3. The standard InChI is InChI=1S/C33H26N5O4/c39-31(23-8-3-1-4-9-23)34-26-14-16-27(17-15-26)35-32(40)24-10-7-11-25(22-24)33(41)36-28-18-20-29(21-19-28)37-38(42)30-12-5-2-6-13-30/h1-22,37H,(H,34,39)(H,35,40)(H,36,41)/q-1. The van der Waals surface area contributed by atoms with Crippen LogP contribution >= 0.6 is 0 Å². The molecule has 0 fully saturated rings. The van der Waals surface area contributed by atoms with Crippen molar-refractivity contribution >= 4 is 46.2 Å². The predicted octanol–water partition coefficient (Wildman–Crippen LogP) is 6.77. The molecule has 0 spiro atoms. The molecule has 0 saturated heterocycles. The van der Waals surface area contributed by atoms with E-state index in [1.165, 1.54) is 6.07 Å². The number of carbonyl (C=O) groups is 3. The van der Waals surface area contributed by atoms with Crippen molar-refractivity contribution in [3.05, 3.63) is 155 Å². The molecule has 0 radical (unpaired) electrons. The molecule has 0 heterocycles. The highest BCUT2D eigenvalue weighted by Crippen LogP contribution is 2.19. The molecule has 5 aromatic rings. The second-order valence-corrected chi connectivity index (χ2v) is 9.21. The SMILES string of the molecule is O=C(Nc1ccc(NC(=O)c2cccc(C(=O)Nc3ccc(NN([O-])c4ccccc4)cc3)c2)cc1)c1ccccc1. The molecular formula is C33H26N5O4-. The normalized spacial score (nSPS) is 10.3. The van der Waals surface area contributed by atoms with Crippen LogP contribution in [0.4, 0.5) is 28.4 Å². The summed E-state index contributed by atoms with van der Waals surface area (Å²) in [4.78, 5) is 38.1. The molecule has 9 heteroatoms. The van der Waals surface area contributed by atoms with E-state index >= 15 is 0 Å². The molecule has 0 aromatic heterocycles. The molecule has 4 N–H and O–H groups in total. The monoisotopic (exact) mass is 556 g/mol. The van der Waals surface area contributed by atoms with E-state index in [4.69, 9.17) is 0 Å². The Bertz CT molecular complexity index is 1680. The Labute approximate surface area is 242 Å². The zero-order valence-electron chi connectivity index (χ0n) is 22.3. The molecule has 0 unspecified atom stereocenters. The first-order valence-electron chi connectivity index (χ1n) is 13.0. The van der Waals surface area contributed by atoms with Gasteiger partial charge in [-0.3, -0.25) is 14.4 Å². The van der Waals surface area contributed by atoms with Crippen LogP contribution < -0.4 is 26.5 Å². The van der Waals surface area contributed by atoms with Crippen molar-refractivity contribution in [2.45, 2.75) is 0 Å². The van der Waals surface area contributed by atoms with E-state index in [1.54, 1.807) is 115 Å². The smallest absolute Gasteiger partial charge is 0.255 e. The van der Waals surface area contributed by atoms with Gasteiger partial charge in [-0.25, -0.2) is 0 Å². The second kappa shape index (κ2) is 12.9. The third kappa shape index (κ3) is 7.17. The number of nitrogens with one attached hydrogen (secondary N) is 4. The van der Waals surface area contributed by atoms with Gasteiger partial charge >= 0.3 is 0 Å². The summed E-state index contributed by atoms with van der Waals surface area (Å²) in [6.07, 6.45) is 0. The van der Waals surface area contributed by atoms with E-state index in [9.17, 15) is 19.6 Å². The van der Waals surface area contributed by atoms with Crippen molar-refractivity contribution < 1.29 is 14.4 Å². The highest BCUT2D eigenvalue weighted by molar-refractivity contribution is 6.09. The molecule has 5 rings (SSSR count). The van der Waals surface area contributed by atoms with Crippen LogP contribution in [0.25, 0.3) is 0 Å². The van der Waals surface area contributed by atoms with Gasteiger partial charge in [0, 0.05) is 39.4 Å². The Balaban J connectivity index is 1.16. The lowest BCUT2D eigenvalue weighted by Crippen LogP contribution is -2.22. The molecule has 208 valence electrons. The summed E-state index contributed by atoms with van der Waals surface area (Å²) in [6, 6.07) is 37.4. The topological polar surface area (TPSA) is 126 Å². The largest absolute Gasteiger partial charge is 0.739 e. The minimum Gasteiger partial charge on any atom is -0.739 e. The first-order chi connectivity index (χ1) is 20.4. The van der Waals surface area contributed by atoms with Gasteiger partial charge in [-0.2, -0.15) is 0 Å². The van der Waals surface area contributed by atoms with Gasteiger partial charge in [-0.15, -0.1) is 0 Å². The minimum absolute atomic E-state index is 0.229. The number of benzene rings is 5. The van der Waals surface area contributed by atoms with E-state index in [-0.39, 0.29) is 11.8 Å². The summed E-state index contributed by atoms with van der Waals surface area (Å²) in [5.74, 6) is -1.01. The number of hydrazine groups is 1.